The fourth-order valence-electron chi connectivity index (χ4n) is 3.20. The third-order valence-electron chi connectivity index (χ3n) is 4.71. The second kappa shape index (κ2) is 10.4. The van der Waals surface area contributed by atoms with Crippen LogP contribution in [-0.4, -0.2) is 47.1 Å². The molecule has 9 heteroatoms. The molecule has 0 atom stereocenters. The maximum atomic E-state index is 12.4. The molecule has 0 fully saturated rings. The number of nitrogens with one attached hydrogen (secondary N) is 1. The maximum absolute atomic E-state index is 12.4. The van der Waals surface area contributed by atoms with E-state index in [9.17, 15) is 13.2 Å². The summed E-state index contributed by atoms with van der Waals surface area (Å²) in [5.74, 6) is 1.49. The molecular weight excluding hydrogens is 420 g/mol. The lowest BCUT2D eigenvalue weighted by atomic mass is 10.1. The Morgan fingerprint density at radius 1 is 1.16 bits per heavy atom. The average molecular weight is 449 g/mol. The van der Waals surface area contributed by atoms with Crippen LogP contribution >= 0.6 is 0 Å². The van der Waals surface area contributed by atoms with Crippen LogP contribution in [0.1, 0.15) is 25.3 Å². The largest absolute Gasteiger partial charge is 0.493 e. The van der Waals surface area contributed by atoms with E-state index in [0.29, 0.717) is 36.8 Å². The molecule has 0 aliphatic carbocycles. The number of para-hydroxylation sites is 1. The van der Waals surface area contributed by atoms with Crippen LogP contribution in [0.3, 0.4) is 0 Å². The summed E-state index contributed by atoms with van der Waals surface area (Å²) in [5.41, 5.74) is 1.44. The molecule has 8 nitrogen and oxygen atoms in total. The number of nitrogens with zero attached hydrogens (tertiary/aromatic N) is 1. The van der Waals surface area contributed by atoms with Gasteiger partial charge in [0.15, 0.2) is 11.5 Å². The minimum atomic E-state index is -3.66. The van der Waals surface area contributed by atoms with Gasteiger partial charge in [0.25, 0.3) is 0 Å². The van der Waals surface area contributed by atoms with Crippen LogP contribution in [0.4, 0.5) is 5.69 Å². The lowest BCUT2D eigenvalue weighted by molar-refractivity contribution is -0.119. The van der Waals surface area contributed by atoms with Crippen molar-refractivity contribution in [3.8, 4) is 17.2 Å². The molecule has 2 aromatic rings. The molecule has 0 aromatic heterocycles. The molecule has 168 valence electrons. The van der Waals surface area contributed by atoms with E-state index < -0.39 is 10.0 Å². The van der Waals surface area contributed by atoms with Crippen molar-refractivity contribution in [3.05, 3.63) is 48.0 Å². The van der Waals surface area contributed by atoms with Crippen LogP contribution in [-0.2, 0) is 21.2 Å². The van der Waals surface area contributed by atoms with Gasteiger partial charge in [-0.15, -0.1) is 0 Å². The van der Waals surface area contributed by atoms with E-state index in [1.54, 1.807) is 18.2 Å². The van der Waals surface area contributed by atoms with Gasteiger partial charge in [-0.05, 0) is 43.0 Å². The number of carbonyl (C=O) groups excluding carboxylic acids is 1. The van der Waals surface area contributed by atoms with Crippen LogP contribution in [0.5, 0.6) is 17.2 Å². The highest BCUT2D eigenvalue weighted by Gasteiger charge is 2.23. The van der Waals surface area contributed by atoms with Crippen molar-refractivity contribution < 1.29 is 27.4 Å². The van der Waals surface area contributed by atoms with Crippen molar-refractivity contribution in [2.24, 2.45) is 0 Å². The number of benzene rings is 2. The molecule has 1 aliphatic rings. The number of carbonyl (C=O) groups is 1. The van der Waals surface area contributed by atoms with Crippen LogP contribution in [0, 0.1) is 0 Å². The van der Waals surface area contributed by atoms with Gasteiger partial charge in [-0.25, -0.2) is 8.42 Å². The van der Waals surface area contributed by atoms with E-state index in [1.807, 2.05) is 24.3 Å². The van der Waals surface area contributed by atoms with Crippen LogP contribution in [0.15, 0.2) is 42.5 Å². The number of fused-ring (bicyclic) bond motifs is 1. The van der Waals surface area contributed by atoms with E-state index in [2.05, 4.69) is 12.2 Å². The van der Waals surface area contributed by atoms with Gasteiger partial charge in [0.05, 0.1) is 18.6 Å². The zero-order valence-electron chi connectivity index (χ0n) is 17.8. The highest BCUT2D eigenvalue weighted by atomic mass is 32.2. The summed E-state index contributed by atoms with van der Waals surface area (Å²) >= 11 is 0. The minimum absolute atomic E-state index is 0.0881. The molecule has 0 saturated heterocycles. The van der Waals surface area contributed by atoms with Crippen molar-refractivity contribution in [3.63, 3.8) is 0 Å². The van der Waals surface area contributed by atoms with Crippen LogP contribution in [0.25, 0.3) is 0 Å². The molecule has 1 heterocycles. The Labute approximate surface area is 183 Å². The summed E-state index contributed by atoms with van der Waals surface area (Å²) in [6.45, 7) is 2.93. The number of ether oxygens (including phenoxy) is 3. The number of sulfonamides is 1. The molecule has 1 amide bonds. The summed E-state index contributed by atoms with van der Waals surface area (Å²) < 4.78 is 41.9. The molecule has 31 heavy (non-hydrogen) atoms. The summed E-state index contributed by atoms with van der Waals surface area (Å²) in [7, 11) is -3.66. The summed E-state index contributed by atoms with van der Waals surface area (Å²) in [6, 6.07) is 12.6. The zero-order chi connectivity index (χ0) is 22.3. The van der Waals surface area contributed by atoms with Gasteiger partial charge in [-0.1, -0.05) is 25.1 Å². The van der Waals surface area contributed by atoms with E-state index in [-0.39, 0.29) is 19.2 Å². The highest BCUT2D eigenvalue weighted by molar-refractivity contribution is 7.92. The first kappa shape index (κ1) is 22.7. The fraction of sp³-hybridized carbons (Fsp3) is 0.409. The molecule has 0 radical (unpaired) electrons. The second-order valence-electron chi connectivity index (χ2n) is 7.22. The first-order valence-corrected chi connectivity index (χ1v) is 12.1. The minimum Gasteiger partial charge on any atom is -0.493 e. The summed E-state index contributed by atoms with van der Waals surface area (Å²) in [5, 5.41) is 2.80. The van der Waals surface area contributed by atoms with E-state index in [1.165, 1.54) is 0 Å². The SMILES string of the molecule is CCCOc1ccccc1CCCNC(=O)CN(c1ccc2c(c1)OCO2)S(C)(=O)=O. The Balaban J connectivity index is 1.54. The smallest absolute Gasteiger partial charge is 0.240 e. The lowest BCUT2D eigenvalue weighted by Crippen LogP contribution is -2.40. The molecule has 3 rings (SSSR count). The average Bonchev–Trinajstić information content (AvgIpc) is 3.21. The molecule has 1 aliphatic heterocycles. The number of amides is 1. The van der Waals surface area contributed by atoms with Gasteiger partial charge in [0, 0.05) is 12.6 Å². The summed E-state index contributed by atoms with van der Waals surface area (Å²) in [6.07, 6.45) is 3.46. The topological polar surface area (TPSA) is 94.2 Å². The van der Waals surface area contributed by atoms with Gasteiger partial charge in [0.2, 0.25) is 22.7 Å². The van der Waals surface area contributed by atoms with E-state index >= 15 is 0 Å². The molecular formula is C22H28N2O6S. The van der Waals surface area contributed by atoms with E-state index in [0.717, 1.165) is 34.7 Å². The van der Waals surface area contributed by atoms with Crippen molar-refractivity contribution in [2.75, 3.05) is 37.1 Å². The maximum Gasteiger partial charge on any atom is 0.240 e. The number of hydrogen-bond donors (Lipinski definition) is 1. The fourth-order valence-corrected chi connectivity index (χ4v) is 4.04. The van der Waals surface area contributed by atoms with Crippen molar-refractivity contribution >= 4 is 21.6 Å². The number of rotatable bonds is 11. The lowest BCUT2D eigenvalue weighted by Gasteiger charge is -2.22. The Kier molecular flexibility index (Phi) is 7.62. The predicted octanol–water partition coefficient (Wildman–Crippen LogP) is 2.72. The normalized spacial score (nSPS) is 12.5. The Morgan fingerprint density at radius 2 is 1.94 bits per heavy atom. The second-order valence-corrected chi connectivity index (χ2v) is 9.12. The standard InChI is InChI=1S/C22H28N2O6S/c1-3-13-28-19-9-5-4-7-17(19)8-6-12-23-22(25)15-24(31(2,26)27)18-10-11-20-21(14-18)30-16-29-20/h4-5,7,9-11,14H,3,6,8,12-13,15-16H2,1-2H3,(H,23,25). The predicted molar refractivity (Wildman–Crippen MR) is 118 cm³/mol. The first-order chi connectivity index (χ1) is 14.9. The van der Waals surface area contributed by atoms with Crippen molar-refractivity contribution in [1.29, 1.82) is 0 Å². The molecule has 1 N–H and O–H groups in total. The van der Waals surface area contributed by atoms with Crippen molar-refractivity contribution in [2.45, 2.75) is 26.2 Å². The van der Waals surface area contributed by atoms with Crippen LogP contribution < -0.4 is 23.8 Å². The Bertz CT molecular complexity index is 1010. The van der Waals surface area contributed by atoms with E-state index in [4.69, 9.17) is 14.2 Å². The molecule has 0 spiro atoms. The zero-order valence-corrected chi connectivity index (χ0v) is 18.6. The van der Waals surface area contributed by atoms with Gasteiger partial charge >= 0.3 is 0 Å². The number of hydrogen-bond acceptors (Lipinski definition) is 6. The van der Waals surface area contributed by atoms with Crippen molar-refractivity contribution in [1.82, 2.24) is 5.32 Å². The Hall–Kier alpha value is -2.94. The molecule has 2 aromatic carbocycles. The highest BCUT2D eigenvalue weighted by Crippen LogP contribution is 2.36. The molecule has 0 bridgehead atoms. The summed E-state index contributed by atoms with van der Waals surface area (Å²) in [4.78, 5) is 12.4. The number of anilines is 1. The third kappa shape index (κ3) is 6.27. The quantitative estimate of drug-likeness (QED) is 0.531. The Morgan fingerprint density at radius 3 is 2.71 bits per heavy atom. The molecule has 0 saturated carbocycles. The van der Waals surface area contributed by atoms with Crippen LogP contribution in [0.2, 0.25) is 0 Å². The monoisotopic (exact) mass is 448 g/mol. The number of aryl methyl sites for hydroxylation is 1. The van der Waals surface area contributed by atoms with Gasteiger partial charge < -0.3 is 19.5 Å². The molecule has 0 unspecified atom stereocenters. The van der Waals surface area contributed by atoms with Gasteiger partial charge in [0.1, 0.15) is 12.3 Å². The third-order valence-corrected chi connectivity index (χ3v) is 5.85. The first-order valence-electron chi connectivity index (χ1n) is 10.2. The van der Waals surface area contributed by atoms with Gasteiger partial charge in [-0.2, -0.15) is 0 Å². The van der Waals surface area contributed by atoms with Gasteiger partial charge in [-0.3, -0.25) is 9.10 Å².